The van der Waals surface area contributed by atoms with Crippen LogP contribution in [0.5, 0.6) is 0 Å². The van der Waals surface area contributed by atoms with E-state index in [0.717, 1.165) is 16.5 Å². The third-order valence-corrected chi connectivity index (χ3v) is 4.80. The molecule has 2 heterocycles. The minimum Gasteiger partial charge on any atom is -0.277 e. The summed E-state index contributed by atoms with van der Waals surface area (Å²) in [6, 6.07) is 15.2. The third-order valence-electron chi connectivity index (χ3n) is 4.50. The van der Waals surface area contributed by atoms with Crippen LogP contribution in [0.15, 0.2) is 58.4 Å². The largest absolute Gasteiger partial charge is 0.277 e. The Morgan fingerprint density at radius 2 is 1.96 bits per heavy atom. The maximum absolute atomic E-state index is 12.6. The van der Waals surface area contributed by atoms with Crippen molar-refractivity contribution in [2.24, 2.45) is 5.10 Å². The molecule has 4 rings (SSSR count). The number of para-hydroxylation sites is 1. The Hall–Kier alpha value is -3.25. The molecule has 2 aromatic heterocycles. The molecule has 140 valence electrons. The fraction of sp³-hybridized carbons (Fsp3) is 0.143. The second kappa shape index (κ2) is 7.40. The predicted molar refractivity (Wildman–Crippen MR) is 114 cm³/mol. The maximum Gasteiger partial charge on any atom is 0.262 e. The van der Waals surface area contributed by atoms with E-state index in [1.54, 1.807) is 22.9 Å². The number of pyridine rings is 1. The molecule has 0 aliphatic carbocycles. The van der Waals surface area contributed by atoms with Crippen LogP contribution in [0.1, 0.15) is 18.1 Å². The van der Waals surface area contributed by atoms with Gasteiger partial charge in [-0.05, 0) is 43.7 Å². The summed E-state index contributed by atoms with van der Waals surface area (Å²) in [5.41, 5.74) is 6.02. The number of anilines is 1. The van der Waals surface area contributed by atoms with E-state index in [1.165, 1.54) is 0 Å². The fourth-order valence-corrected chi connectivity index (χ4v) is 3.26. The van der Waals surface area contributed by atoms with E-state index in [0.29, 0.717) is 34.1 Å². The molecule has 0 bridgehead atoms. The van der Waals surface area contributed by atoms with Gasteiger partial charge in [0.1, 0.15) is 5.15 Å². The number of benzene rings is 2. The quantitative estimate of drug-likeness (QED) is 0.318. The van der Waals surface area contributed by atoms with Crippen molar-refractivity contribution in [1.82, 2.24) is 14.5 Å². The Labute approximate surface area is 166 Å². The molecule has 0 unspecified atom stereocenters. The van der Waals surface area contributed by atoms with Crippen molar-refractivity contribution in [3.63, 3.8) is 0 Å². The standard InChI is InChI=1S/C21H18ClN5O/c1-3-27-20(28)16-6-4-5-7-17(16)25-21(27)26-23-12-15-11-14-9-8-13(2)10-18(14)24-19(15)22/h4-12H,3H2,1-2H3,(H,25,26)/b23-12-. The Kier molecular flexibility index (Phi) is 4.79. The summed E-state index contributed by atoms with van der Waals surface area (Å²) in [4.78, 5) is 21.6. The highest BCUT2D eigenvalue weighted by molar-refractivity contribution is 6.32. The Morgan fingerprint density at radius 1 is 1.14 bits per heavy atom. The van der Waals surface area contributed by atoms with Gasteiger partial charge in [-0.15, -0.1) is 0 Å². The number of hydrogen-bond acceptors (Lipinski definition) is 5. The first-order chi connectivity index (χ1) is 13.6. The van der Waals surface area contributed by atoms with Crippen LogP contribution in [-0.4, -0.2) is 20.7 Å². The van der Waals surface area contributed by atoms with E-state index < -0.39 is 0 Å². The van der Waals surface area contributed by atoms with Gasteiger partial charge in [0.15, 0.2) is 0 Å². The number of nitrogens with zero attached hydrogens (tertiary/aromatic N) is 4. The van der Waals surface area contributed by atoms with Crippen LogP contribution in [0.3, 0.4) is 0 Å². The monoisotopic (exact) mass is 391 g/mol. The molecular formula is C21H18ClN5O. The van der Waals surface area contributed by atoms with E-state index in [-0.39, 0.29) is 5.56 Å². The van der Waals surface area contributed by atoms with Gasteiger partial charge in [0.2, 0.25) is 5.95 Å². The molecule has 0 fully saturated rings. The highest BCUT2D eigenvalue weighted by Gasteiger charge is 2.09. The van der Waals surface area contributed by atoms with Gasteiger partial charge in [-0.25, -0.2) is 15.4 Å². The molecule has 6 nitrogen and oxygen atoms in total. The molecule has 0 saturated carbocycles. The smallest absolute Gasteiger partial charge is 0.262 e. The SMILES string of the molecule is CCn1c(N/N=C\c2cc3ccc(C)cc3nc2Cl)nc2ccccc2c1=O. The number of nitrogens with one attached hydrogen (secondary N) is 1. The summed E-state index contributed by atoms with van der Waals surface area (Å²) in [6.45, 7) is 4.38. The van der Waals surface area contributed by atoms with Gasteiger partial charge in [-0.2, -0.15) is 5.10 Å². The van der Waals surface area contributed by atoms with Crippen LogP contribution in [0.4, 0.5) is 5.95 Å². The molecule has 28 heavy (non-hydrogen) atoms. The van der Waals surface area contributed by atoms with Gasteiger partial charge < -0.3 is 0 Å². The van der Waals surface area contributed by atoms with E-state index >= 15 is 0 Å². The Balaban J connectivity index is 1.68. The molecule has 0 saturated heterocycles. The molecule has 0 aliphatic heterocycles. The highest BCUT2D eigenvalue weighted by Crippen LogP contribution is 2.20. The van der Waals surface area contributed by atoms with Crippen molar-refractivity contribution in [3.8, 4) is 0 Å². The van der Waals surface area contributed by atoms with Crippen LogP contribution in [-0.2, 0) is 6.54 Å². The predicted octanol–water partition coefficient (Wildman–Crippen LogP) is 4.37. The zero-order valence-electron chi connectivity index (χ0n) is 15.5. The number of halogens is 1. The highest BCUT2D eigenvalue weighted by atomic mass is 35.5. The number of hydrazone groups is 1. The summed E-state index contributed by atoms with van der Waals surface area (Å²) in [7, 11) is 0. The van der Waals surface area contributed by atoms with Crippen LogP contribution < -0.4 is 11.0 Å². The zero-order valence-corrected chi connectivity index (χ0v) is 16.2. The molecule has 4 aromatic rings. The van der Waals surface area contributed by atoms with Crippen molar-refractivity contribution in [2.75, 3.05) is 5.43 Å². The lowest BCUT2D eigenvalue weighted by Gasteiger charge is -2.10. The summed E-state index contributed by atoms with van der Waals surface area (Å²) < 4.78 is 1.54. The number of aryl methyl sites for hydroxylation is 1. The van der Waals surface area contributed by atoms with E-state index in [9.17, 15) is 4.79 Å². The average Bonchev–Trinajstić information content (AvgIpc) is 2.69. The minimum atomic E-state index is -0.105. The number of aromatic nitrogens is 3. The molecule has 7 heteroatoms. The normalized spacial score (nSPS) is 11.5. The van der Waals surface area contributed by atoms with Gasteiger partial charge in [-0.1, -0.05) is 35.9 Å². The molecule has 0 amide bonds. The van der Waals surface area contributed by atoms with E-state index in [4.69, 9.17) is 11.6 Å². The third kappa shape index (κ3) is 3.34. The van der Waals surface area contributed by atoms with Gasteiger partial charge in [0, 0.05) is 17.5 Å². The molecular weight excluding hydrogens is 374 g/mol. The summed E-state index contributed by atoms with van der Waals surface area (Å²) in [5, 5.41) is 6.15. The van der Waals surface area contributed by atoms with Crippen molar-refractivity contribution in [3.05, 3.63) is 75.2 Å². The first kappa shape index (κ1) is 18.1. The van der Waals surface area contributed by atoms with Crippen LogP contribution >= 0.6 is 11.6 Å². The van der Waals surface area contributed by atoms with Crippen LogP contribution in [0.25, 0.3) is 21.8 Å². The van der Waals surface area contributed by atoms with Gasteiger partial charge in [0.25, 0.3) is 5.56 Å². The van der Waals surface area contributed by atoms with Crippen molar-refractivity contribution < 1.29 is 0 Å². The van der Waals surface area contributed by atoms with Gasteiger partial charge in [0.05, 0.1) is 22.6 Å². The molecule has 2 aromatic carbocycles. The van der Waals surface area contributed by atoms with Crippen LogP contribution in [0.2, 0.25) is 5.15 Å². The summed E-state index contributed by atoms with van der Waals surface area (Å²) in [5.74, 6) is 0.378. The maximum atomic E-state index is 12.6. The Morgan fingerprint density at radius 3 is 2.79 bits per heavy atom. The molecule has 0 aliphatic rings. The Bertz CT molecular complexity index is 1280. The van der Waals surface area contributed by atoms with Crippen molar-refractivity contribution >= 4 is 45.6 Å². The number of fused-ring (bicyclic) bond motifs is 2. The molecule has 0 atom stereocenters. The second-order valence-corrected chi connectivity index (χ2v) is 6.79. The van der Waals surface area contributed by atoms with Crippen molar-refractivity contribution in [1.29, 1.82) is 0 Å². The summed E-state index contributed by atoms with van der Waals surface area (Å²) >= 11 is 6.30. The lowest BCUT2D eigenvalue weighted by molar-refractivity contribution is 0.724. The minimum absolute atomic E-state index is 0.105. The lowest BCUT2D eigenvalue weighted by atomic mass is 10.1. The topological polar surface area (TPSA) is 72.2 Å². The molecule has 0 radical (unpaired) electrons. The van der Waals surface area contributed by atoms with E-state index in [2.05, 4.69) is 20.5 Å². The van der Waals surface area contributed by atoms with E-state index in [1.807, 2.05) is 50.2 Å². The first-order valence-corrected chi connectivity index (χ1v) is 9.30. The van der Waals surface area contributed by atoms with Gasteiger partial charge >= 0.3 is 0 Å². The fourth-order valence-electron chi connectivity index (χ4n) is 3.07. The lowest BCUT2D eigenvalue weighted by Crippen LogP contribution is -2.23. The van der Waals surface area contributed by atoms with Gasteiger partial charge in [-0.3, -0.25) is 9.36 Å². The summed E-state index contributed by atoms with van der Waals surface area (Å²) in [6.07, 6.45) is 1.58. The second-order valence-electron chi connectivity index (χ2n) is 6.44. The number of rotatable bonds is 4. The average molecular weight is 392 g/mol. The zero-order chi connectivity index (χ0) is 19.7. The first-order valence-electron chi connectivity index (χ1n) is 8.92. The molecule has 1 N–H and O–H groups in total. The number of hydrogen-bond donors (Lipinski definition) is 1. The van der Waals surface area contributed by atoms with Crippen LogP contribution in [0, 0.1) is 6.92 Å². The molecule has 0 spiro atoms. The van der Waals surface area contributed by atoms with Crippen molar-refractivity contribution in [2.45, 2.75) is 20.4 Å².